The average molecular weight is 514 g/mol. The number of esters is 1. The number of carbonyl (C=O) groups is 1. The third kappa shape index (κ3) is 4.28. The van der Waals surface area contributed by atoms with Crippen LogP contribution in [0.25, 0.3) is 0 Å². The summed E-state index contributed by atoms with van der Waals surface area (Å²) < 4.78 is 18.4. The first kappa shape index (κ1) is 22.7. The van der Waals surface area contributed by atoms with Gasteiger partial charge in [0.2, 0.25) is 0 Å². The van der Waals surface area contributed by atoms with Gasteiger partial charge in [-0.3, -0.25) is 0 Å². The molecule has 2 aromatic carbocycles. The second kappa shape index (κ2) is 9.67. The lowest BCUT2D eigenvalue weighted by Gasteiger charge is -2.56. The number of halogens is 1. The van der Waals surface area contributed by atoms with E-state index in [-0.39, 0.29) is 18.1 Å². The van der Waals surface area contributed by atoms with Gasteiger partial charge in [-0.2, -0.15) is 0 Å². The molecule has 1 saturated heterocycles. The van der Waals surface area contributed by atoms with Crippen molar-refractivity contribution in [3.05, 3.63) is 57.6 Å². The quantitative estimate of drug-likeness (QED) is 0.493. The molecule has 1 heterocycles. The van der Waals surface area contributed by atoms with Gasteiger partial charge in [0.15, 0.2) is 18.1 Å². The van der Waals surface area contributed by atoms with Crippen molar-refractivity contribution in [3.63, 3.8) is 0 Å². The third-order valence-electron chi connectivity index (χ3n) is 7.61. The number of ether oxygens (including phenoxy) is 3. The topological polar surface area (TPSA) is 56.8 Å². The first-order valence-electron chi connectivity index (χ1n) is 12.2. The van der Waals surface area contributed by atoms with E-state index in [0.29, 0.717) is 36.5 Å². The zero-order chi connectivity index (χ0) is 22.8. The first-order valence-corrected chi connectivity index (χ1v) is 13.0. The van der Waals surface area contributed by atoms with Gasteiger partial charge in [-0.05, 0) is 89.7 Å². The maximum absolute atomic E-state index is 12.0. The highest BCUT2D eigenvalue weighted by Gasteiger charge is 2.52. The molecule has 33 heavy (non-hydrogen) atoms. The third-order valence-corrected chi connectivity index (χ3v) is 8.44. The molecule has 176 valence electrons. The molecule has 5 nitrogen and oxygen atoms in total. The normalized spacial score (nSPS) is 25.5. The number of carbonyl (C=O) groups excluding carboxylic acids is 1. The monoisotopic (exact) mass is 513 g/mol. The Bertz CT molecular complexity index is 1010. The Hall–Kier alpha value is -2.05. The van der Waals surface area contributed by atoms with E-state index in [1.54, 1.807) is 6.92 Å². The fourth-order valence-electron chi connectivity index (χ4n) is 6.23. The Morgan fingerprint density at radius 3 is 2.85 bits per heavy atom. The molecule has 0 aromatic heterocycles. The second-order valence-electron chi connectivity index (χ2n) is 9.42. The molecular weight excluding hydrogens is 482 g/mol. The summed E-state index contributed by atoms with van der Waals surface area (Å²) in [6.45, 7) is 3.51. The van der Waals surface area contributed by atoms with Crippen molar-refractivity contribution in [2.45, 2.75) is 57.6 Å². The summed E-state index contributed by atoms with van der Waals surface area (Å²) in [4.78, 5) is 12.0. The van der Waals surface area contributed by atoms with Gasteiger partial charge >= 0.3 is 5.97 Å². The predicted molar refractivity (Wildman–Crippen MR) is 130 cm³/mol. The molecular formula is C27H32BrNO4. The van der Waals surface area contributed by atoms with E-state index < -0.39 is 0 Å². The van der Waals surface area contributed by atoms with Crippen LogP contribution in [0.4, 0.5) is 0 Å². The maximum Gasteiger partial charge on any atom is 0.344 e. The van der Waals surface area contributed by atoms with E-state index in [1.165, 1.54) is 36.8 Å². The van der Waals surface area contributed by atoms with Gasteiger partial charge in [-0.25, -0.2) is 4.79 Å². The van der Waals surface area contributed by atoms with Crippen molar-refractivity contribution in [3.8, 4) is 11.5 Å². The lowest BCUT2D eigenvalue weighted by atomic mass is 9.56. The SMILES string of the molecule is CCOC(=O)COc1c(OCc2ccccc2)cc2c(c1Br)CC1CCNC23CCCCC13. The number of benzene rings is 2. The smallest absolute Gasteiger partial charge is 0.344 e. The average Bonchev–Trinajstić information content (AvgIpc) is 2.83. The number of hydrogen-bond acceptors (Lipinski definition) is 5. The van der Waals surface area contributed by atoms with Gasteiger partial charge in [0, 0.05) is 5.54 Å². The Kier molecular flexibility index (Phi) is 6.66. The summed E-state index contributed by atoms with van der Waals surface area (Å²) in [6.07, 6.45) is 7.26. The van der Waals surface area contributed by atoms with Crippen molar-refractivity contribution >= 4 is 21.9 Å². The molecule has 2 fully saturated rings. The van der Waals surface area contributed by atoms with Gasteiger partial charge < -0.3 is 19.5 Å². The molecule has 2 bridgehead atoms. The van der Waals surface area contributed by atoms with Crippen LogP contribution in [0, 0.1) is 11.8 Å². The molecule has 5 rings (SSSR count). The number of fused-ring (bicyclic) bond motifs is 1. The molecule has 2 aliphatic carbocycles. The zero-order valence-electron chi connectivity index (χ0n) is 19.2. The van der Waals surface area contributed by atoms with E-state index in [2.05, 4.69) is 39.4 Å². The van der Waals surface area contributed by atoms with Crippen molar-refractivity contribution < 1.29 is 19.0 Å². The number of hydrogen-bond donors (Lipinski definition) is 1. The Morgan fingerprint density at radius 1 is 1.18 bits per heavy atom. The van der Waals surface area contributed by atoms with E-state index in [9.17, 15) is 4.79 Å². The van der Waals surface area contributed by atoms with E-state index in [4.69, 9.17) is 14.2 Å². The fourth-order valence-corrected chi connectivity index (χ4v) is 6.92. The summed E-state index contributed by atoms with van der Waals surface area (Å²) in [5.41, 5.74) is 3.76. The molecule has 1 N–H and O–H groups in total. The largest absolute Gasteiger partial charge is 0.485 e. The molecule has 0 amide bonds. The van der Waals surface area contributed by atoms with Crippen LogP contribution in [0.2, 0.25) is 0 Å². The zero-order valence-corrected chi connectivity index (χ0v) is 20.8. The predicted octanol–water partition coefficient (Wildman–Crippen LogP) is 5.52. The van der Waals surface area contributed by atoms with E-state index in [0.717, 1.165) is 29.4 Å². The fraction of sp³-hybridized carbons (Fsp3) is 0.519. The van der Waals surface area contributed by atoms with Crippen LogP contribution in [0.15, 0.2) is 40.9 Å². The summed E-state index contributed by atoms with van der Waals surface area (Å²) >= 11 is 3.87. The summed E-state index contributed by atoms with van der Waals surface area (Å²) in [6, 6.07) is 12.3. The van der Waals surface area contributed by atoms with Crippen LogP contribution in [0.5, 0.6) is 11.5 Å². The molecule has 0 radical (unpaired) electrons. The van der Waals surface area contributed by atoms with Gasteiger partial charge in [0.1, 0.15) is 6.61 Å². The first-order chi connectivity index (χ1) is 16.1. The van der Waals surface area contributed by atoms with Gasteiger partial charge in [0.05, 0.1) is 11.1 Å². The van der Waals surface area contributed by atoms with Gasteiger partial charge in [0.25, 0.3) is 0 Å². The lowest BCUT2D eigenvalue weighted by molar-refractivity contribution is -0.145. The molecule has 1 aliphatic heterocycles. The van der Waals surface area contributed by atoms with Crippen LogP contribution in [-0.2, 0) is 28.1 Å². The molecule has 3 unspecified atom stereocenters. The summed E-state index contributed by atoms with van der Waals surface area (Å²) in [7, 11) is 0. The minimum atomic E-state index is -0.374. The van der Waals surface area contributed by atoms with Gasteiger partial charge in [-0.1, -0.05) is 43.2 Å². The van der Waals surface area contributed by atoms with Crippen molar-refractivity contribution in [1.82, 2.24) is 5.32 Å². The van der Waals surface area contributed by atoms with Crippen molar-refractivity contribution in [2.75, 3.05) is 19.8 Å². The number of piperidine rings is 1. The Balaban J connectivity index is 1.54. The molecule has 3 atom stereocenters. The van der Waals surface area contributed by atoms with Crippen molar-refractivity contribution in [2.24, 2.45) is 11.8 Å². The Morgan fingerprint density at radius 2 is 2.03 bits per heavy atom. The number of nitrogens with one attached hydrogen (secondary N) is 1. The van der Waals surface area contributed by atoms with Crippen molar-refractivity contribution in [1.29, 1.82) is 0 Å². The minimum Gasteiger partial charge on any atom is -0.485 e. The van der Waals surface area contributed by atoms with E-state index >= 15 is 0 Å². The second-order valence-corrected chi connectivity index (χ2v) is 10.2. The standard InChI is InChI=1S/C27H32BrNO4/c1-2-31-24(30)17-33-26-23(32-16-18-8-4-3-5-9-18)15-22-20(25(26)28)14-19-11-13-29-27(22)12-7-6-10-21(19)27/h3-5,8-9,15,19,21,29H,2,6-7,10-14,16-17H2,1H3. The van der Waals surface area contributed by atoms with Crippen LogP contribution >= 0.6 is 15.9 Å². The molecule has 3 aliphatic rings. The number of rotatable bonds is 7. The van der Waals surface area contributed by atoms with Crippen LogP contribution in [0.3, 0.4) is 0 Å². The molecule has 0 spiro atoms. The molecule has 6 heteroatoms. The van der Waals surface area contributed by atoms with Crippen LogP contribution in [-0.4, -0.2) is 25.7 Å². The highest BCUT2D eigenvalue weighted by atomic mass is 79.9. The molecule has 1 saturated carbocycles. The van der Waals surface area contributed by atoms with Gasteiger partial charge in [-0.15, -0.1) is 0 Å². The van der Waals surface area contributed by atoms with E-state index in [1.807, 2.05) is 18.2 Å². The molecule has 2 aromatic rings. The highest BCUT2D eigenvalue weighted by molar-refractivity contribution is 9.10. The highest BCUT2D eigenvalue weighted by Crippen LogP contribution is 2.57. The van der Waals surface area contributed by atoms with Crippen LogP contribution < -0.4 is 14.8 Å². The maximum atomic E-state index is 12.0. The Labute approximate surface area is 204 Å². The summed E-state index contributed by atoms with van der Waals surface area (Å²) in [5.74, 6) is 2.26. The summed E-state index contributed by atoms with van der Waals surface area (Å²) in [5, 5.41) is 3.95. The minimum absolute atomic E-state index is 0.0157. The van der Waals surface area contributed by atoms with Crippen LogP contribution in [0.1, 0.15) is 55.7 Å². The lowest BCUT2D eigenvalue weighted by Crippen LogP contribution is -2.59.